The van der Waals surface area contributed by atoms with Crippen molar-refractivity contribution in [1.29, 1.82) is 0 Å². The predicted molar refractivity (Wildman–Crippen MR) is 19.5 cm³/mol. The minimum absolute atomic E-state index is 0. The first-order chi connectivity index (χ1) is 1.73. The van der Waals surface area contributed by atoms with Crippen LogP contribution in [0.3, 0.4) is 0 Å². The van der Waals surface area contributed by atoms with Gasteiger partial charge in [-0.1, -0.05) is 0 Å². The van der Waals surface area contributed by atoms with Crippen LogP contribution in [0.4, 0.5) is 0 Å². The number of halogens is 2. The van der Waals surface area contributed by atoms with Crippen molar-refractivity contribution >= 4 is 8.37 Å². The molecular weight excluding hydrogens is 390 g/mol. The fraction of sp³-hybridized carbons (Fsp3) is 0. The summed E-state index contributed by atoms with van der Waals surface area (Å²) in [7, 11) is -1.12. The molecule has 51 valence electrons. The second-order valence-electron chi connectivity index (χ2n) is 0.447. The summed E-state index contributed by atoms with van der Waals surface area (Å²) >= 11 is 0. The molecule has 0 aliphatic rings. The van der Waals surface area contributed by atoms with E-state index >= 15 is 0 Å². The summed E-state index contributed by atoms with van der Waals surface area (Å²) in [6.07, 6.45) is 0. The fourth-order valence-electron chi connectivity index (χ4n) is 0. The third-order valence-corrected chi connectivity index (χ3v) is 0. The van der Waals surface area contributed by atoms with Crippen molar-refractivity contribution in [2.24, 2.45) is 16.5 Å². The molecule has 0 rings (SSSR count). The smallest absolute Gasteiger partial charge is 1.00 e. The van der Waals surface area contributed by atoms with Crippen LogP contribution in [-0.2, 0) is 17.1 Å². The van der Waals surface area contributed by atoms with Crippen molar-refractivity contribution in [2.45, 2.75) is 0 Å². The zero-order valence-corrected chi connectivity index (χ0v) is 9.39. The van der Waals surface area contributed by atoms with Gasteiger partial charge in [-0.3, -0.25) is 16.5 Å². The molecule has 0 atom stereocenters. The number of rotatable bonds is 0. The molecule has 0 aromatic rings. The summed E-state index contributed by atoms with van der Waals surface area (Å²) in [5.74, 6) is 0. The Morgan fingerprint density at radius 2 is 0.857 bits per heavy atom. The van der Waals surface area contributed by atoms with E-state index in [0.717, 1.165) is 0 Å². The Kier molecular flexibility index (Phi) is 51.3. The quantitative estimate of drug-likeness (QED) is 0.216. The van der Waals surface area contributed by atoms with Crippen LogP contribution in [0, 0.1) is 0 Å². The van der Waals surface area contributed by atoms with Crippen LogP contribution < -0.4 is 64.5 Å². The van der Waals surface area contributed by atoms with E-state index < -0.39 is 8.37 Å². The maximum absolute atomic E-state index is 4.73. The van der Waals surface area contributed by atoms with E-state index in [-0.39, 0.29) is 65.0 Å². The second-order valence-corrected chi connectivity index (χ2v) is 1.34. The van der Waals surface area contributed by atoms with Crippen molar-refractivity contribution in [3.05, 3.63) is 0 Å². The first-order valence-electron chi connectivity index (χ1n) is 0.775. The van der Waals surface area contributed by atoms with Gasteiger partial charge in [0.1, 0.15) is 8.37 Å². The van der Waals surface area contributed by atoms with Gasteiger partial charge in [-0.15, -0.1) is 0 Å². The molecular formula is H6CuI2N3P. The van der Waals surface area contributed by atoms with Gasteiger partial charge in [0.15, 0.2) is 0 Å². The van der Waals surface area contributed by atoms with Crippen LogP contribution >= 0.6 is 8.37 Å². The zero-order valence-electron chi connectivity index (χ0n) is 3.24. The van der Waals surface area contributed by atoms with E-state index in [1.54, 1.807) is 0 Å². The van der Waals surface area contributed by atoms with E-state index in [0.29, 0.717) is 0 Å². The fourth-order valence-corrected chi connectivity index (χ4v) is 0. The first-order valence-corrected chi connectivity index (χ1v) is 2.32. The molecule has 0 aromatic heterocycles. The van der Waals surface area contributed by atoms with Gasteiger partial charge in [-0.25, -0.2) is 0 Å². The molecule has 3 nitrogen and oxygen atoms in total. The molecule has 0 saturated heterocycles. The standard InChI is InChI=1S/Cu.2HI.H6N3P/c;;;1-4(2)3/h;2*1H;1-3H2/q+2;;;/p-2. The summed E-state index contributed by atoms with van der Waals surface area (Å²) in [6.45, 7) is 0. The molecule has 7 heavy (non-hydrogen) atoms. The molecule has 0 unspecified atom stereocenters. The molecule has 0 aromatic carbocycles. The molecule has 0 fully saturated rings. The Hall–Kier alpha value is 2.29. The number of hydrogen-bond donors (Lipinski definition) is 3. The summed E-state index contributed by atoms with van der Waals surface area (Å²) in [4.78, 5) is 0. The monoisotopic (exact) mass is 396 g/mol. The van der Waals surface area contributed by atoms with Crippen molar-refractivity contribution < 1.29 is 65.0 Å². The van der Waals surface area contributed by atoms with Crippen LogP contribution in [0.2, 0.25) is 0 Å². The third-order valence-electron chi connectivity index (χ3n) is 0. The van der Waals surface area contributed by atoms with Gasteiger partial charge >= 0.3 is 17.1 Å². The van der Waals surface area contributed by atoms with Crippen molar-refractivity contribution in [1.82, 2.24) is 0 Å². The average Bonchev–Trinajstić information content (AvgIpc) is 0.811. The van der Waals surface area contributed by atoms with E-state index in [1.165, 1.54) is 0 Å². The number of hydrogen-bond acceptors (Lipinski definition) is 3. The largest absolute Gasteiger partial charge is 2.00 e. The van der Waals surface area contributed by atoms with E-state index in [4.69, 9.17) is 16.5 Å². The third kappa shape index (κ3) is 62.6. The summed E-state index contributed by atoms with van der Waals surface area (Å²) < 4.78 is 0. The predicted octanol–water partition coefficient (Wildman–Crippen LogP) is -6.91. The Labute approximate surface area is 88.9 Å². The van der Waals surface area contributed by atoms with Crippen LogP contribution in [0.25, 0.3) is 0 Å². The Balaban J connectivity index is -0.0000000150. The van der Waals surface area contributed by atoms with E-state index in [9.17, 15) is 0 Å². The van der Waals surface area contributed by atoms with E-state index in [2.05, 4.69) is 0 Å². The van der Waals surface area contributed by atoms with Gasteiger partial charge in [0, 0.05) is 0 Å². The van der Waals surface area contributed by atoms with Gasteiger partial charge in [0.05, 0.1) is 0 Å². The first kappa shape index (κ1) is 22.8. The Morgan fingerprint density at radius 3 is 0.857 bits per heavy atom. The normalized spacial score (nSPS) is 5.14. The van der Waals surface area contributed by atoms with Crippen LogP contribution in [0.15, 0.2) is 0 Å². The van der Waals surface area contributed by atoms with Gasteiger partial charge in [-0.05, 0) is 0 Å². The molecule has 0 spiro atoms. The van der Waals surface area contributed by atoms with Gasteiger partial charge < -0.3 is 48.0 Å². The van der Waals surface area contributed by atoms with Gasteiger partial charge in [0.25, 0.3) is 0 Å². The molecule has 0 bridgehead atoms. The molecule has 0 saturated carbocycles. The Bertz CT molecular complexity index is 17.7. The molecule has 6 N–H and O–H groups in total. The molecule has 0 amide bonds. The zero-order chi connectivity index (χ0) is 3.58. The SMILES string of the molecule is NP(N)N.[Cu+2].[I-].[I-]. The maximum Gasteiger partial charge on any atom is 2.00 e. The Morgan fingerprint density at radius 1 is 0.857 bits per heavy atom. The van der Waals surface area contributed by atoms with Crippen LogP contribution in [0.1, 0.15) is 0 Å². The van der Waals surface area contributed by atoms with Crippen molar-refractivity contribution in [2.75, 3.05) is 0 Å². The minimum Gasteiger partial charge on any atom is -1.00 e. The maximum atomic E-state index is 4.73. The van der Waals surface area contributed by atoms with Crippen molar-refractivity contribution in [3.63, 3.8) is 0 Å². The van der Waals surface area contributed by atoms with Crippen molar-refractivity contribution in [3.8, 4) is 0 Å². The summed E-state index contributed by atoms with van der Waals surface area (Å²) in [6, 6.07) is 0. The van der Waals surface area contributed by atoms with Gasteiger partial charge in [-0.2, -0.15) is 0 Å². The second kappa shape index (κ2) is 15.7. The van der Waals surface area contributed by atoms with Crippen LogP contribution in [-0.4, -0.2) is 0 Å². The minimum atomic E-state index is -1.12. The molecule has 0 aliphatic carbocycles. The molecule has 7 heteroatoms. The summed E-state index contributed by atoms with van der Waals surface area (Å²) in [5.41, 5.74) is 14.2. The molecule has 0 aliphatic heterocycles. The molecule has 0 heterocycles. The van der Waals surface area contributed by atoms with Crippen LogP contribution in [0.5, 0.6) is 0 Å². The number of nitrogens with two attached hydrogens (primary N) is 3. The summed E-state index contributed by atoms with van der Waals surface area (Å²) in [5, 5.41) is 0. The topological polar surface area (TPSA) is 78.1 Å². The van der Waals surface area contributed by atoms with Gasteiger partial charge in [0.2, 0.25) is 0 Å². The van der Waals surface area contributed by atoms with E-state index in [1.807, 2.05) is 0 Å². The average molecular weight is 396 g/mol. The molecule has 1 radical (unpaired) electrons.